The van der Waals surface area contributed by atoms with Crippen LogP contribution >= 0.6 is 0 Å². The standard InChI is InChI=1S/C6H8N2O2S/c1-7-10-11(9)6-4-2-3-5-8-6/h2-5,7H,1H3. The van der Waals surface area contributed by atoms with Crippen LogP contribution in [0, 0.1) is 0 Å². The Morgan fingerprint density at radius 2 is 2.45 bits per heavy atom. The first-order valence-electron chi connectivity index (χ1n) is 3.01. The van der Waals surface area contributed by atoms with E-state index in [1.165, 1.54) is 0 Å². The molecular weight excluding hydrogens is 164 g/mol. The van der Waals surface area contributed by atoms with Crippen molar-refractivity contribution in [2.24, 2.45) is 0 Å². The molecule has 0 spiro atoms. The fourth-order valence-corrected chi connectivity index (χ4v) is 1.14. The Kier molecular flexibility index (Phi) is 3.15. The first-order chi connectivity index (χ1) is 5.34. The third kappa shape index (κ3) is 2.38. The van der Waals surface area contributed by atoms with Gasteiger partial charge in [0.25, 0.3) is 0 Å². The Morgan fingerprint density at radius 1 is 1.64 bits per heavy atom. The highest BCUT2D eigenvalue weighted by atomic mass is 32.2. The average molecular weight is 172 g/mol. The average Bonchev–Trinajstić information content (AvgIpc) is 2.07. The Balaban J connectivity index is 2.69. The number of hydrogen-bond donors (Lipinski definition) is 1. The predicted molar refractivity (Wildman–Crippen MR) is 40.8 cm³/mol. The molecule has 4 nitrogen and oxygen atoms in total. The molecule has 11 heavy (non-hydrogen) atoms. The molecule has 1 aromatic heterocycles. The molecule has 0 radical (unpaired) electrons. The van der Waals surface area contributed by atoms with Crippen molar-refractivity contribution in [1.29, 1.82) is 0 Å². The van der Waals surface area contributed by atoms with Crippen LogP contribution in [0.1, 0.15) is 0 Å². The van der Waals surface area contributed by atoms with Crippen molar-refractivity contribution in [3.8, 4) is 0 Å². The molecule has 1 unspecified atom stereocenters. The molecule has 0 aliphatic heterocycles. The smallest absolute Gasteiger partial charge is 0.225 e. The summed E-state index contributed by atoms with van der Waals surface area (Å²) >= 11 is -1.51. The van der Waals surface area contributed by atoms with E-state index in [9.17, 15) is 4.21 Å². The minimum absolute atomic E-state index is 0.404. The molecule has 1 aromatic rings. The van der Waals surface area contributed by atoms with Crippen molar-refractivity contribution in [1.82, 2.24) is 10.5 Å². The van der Waals surface area contributed by atoms with E-state index < -0.39 is 11.1 Å². The number of nitrogens with one attached hydrogen (secondary N) is 1. The SMILES string of the molecule is CNOS(=O)c1ccccn1. The lowest BCUT2D eigenvalue weighted by atomic mass is 10.5. The molecule has 1 heterocycles. The second-order valence-electron chi connectivity index (χ2n) is 1.69. The van der Waals surface area contributed by atoms with Crippen molar-refractivity contribution >= 4 is 11.1 Å². The Labute approximate surface area is 67.2 Å². The molecule has 0 aliphatic rings. The molecule has 1 atom stereocenters. The Morgan fingerprint density at radius 3 is 3.00 bits per heavy atom. The third-order valence-electron chi connectivity index (χ3n) is 0.968. The van der Waals surface area contributed by atoms with Crippen molar-refractivity contribution in [2.45, 2.75) is 5.03 Å². The summed E-state index contributed by atoms with van der Waals surface area (Å²) < 4.78 is 15.6. The van der Waals surface area contributed by atoms with E-state index in [4.69, 9.17) is 0 Å². The van der Waals surface area contributed by atoms with Gasteiger partial charge in [0.05, 0.1) is 0 Å². The highest BCUT2D eigenvalue weighted by Gasteiger charge is 2.02. The summed E-state index contributed by atoms with van der Waals surface area (Å²) in [6.07, 6.45) is 1.56. The van der Waals surface area contributed by atoms with Gasteiger partial charge in [-0.1, -0.05) is 6.07 Å². The van der Waals surface area contributed by atoms with Crippen LogP contribution < -0.4 is 5.48 Å². The number of hydrogen-bond acceptors (Lipinski definition) is 4. The van der Waals surface area contributed by atoms with E-state index in [0.717, 1.165) is 0 Å². The summed E-state index contributed by atoms with van der Waals surface area (Å²) in [5.74, 6) is 0. The number of pyridine rings is 1. The van der Waals surface area contributed by atoms with Crippen LogP contribution in [0.4, 0.5) is 0 Å². The molecule has 0 saturated heterocycles. The molecule has 5 heteroatoms. The molecule has 1 N–H and O–H groups in total. The van der Waals surface area contributed by atoms with Gasteiger partial charge in [-0.2, -0.15) is 9.76 Å². The molecule has 0 amide bonds. The molecule has 0 saturated carbocycles. The Bertz CT molecular complexity index is 240. The van der Waals surface area contributed by atoms with Crippen molar-refractivity contribution in [2.75, 3.05) is 7.05 Å². The molecule has 0 aliphatic carbocycles. The van der Waals surface area contributed by atoms with Gasteiger partial charge in [-0.05, 0) is 12.1 Å². The molecule has 0 fully saturated rings. The van der Waals surface area contributed by atoms with Gasteiger partial charge in [-0.3, -0.25) is 0 Å². The lowest BCUT2D eigenvalue weighted by molar-refractivity contribution is 0.251. The summed E-state index contributed by atoms with van der Waals surface area (Å²) in [4.78, 5) is 3.83. The quantitative estimate of drug-likeness (QED) is 0.664. The predicted octanol–water partition coefficient (Wildman–Crippen LogP) is 0.255. The highest BCUT2D eigenvalue weighted by molar-refractivity contribution is 7.80. The fraction of sp³-hybridized carbons (Fsp3) is 0.167. The van der Waals surface area contributed by atoms with Gasteiger partial charge in [0.1, 0.15) is 0 Å². The Hall–Kier alpha value is -0.780. The molecule has 0 bridgehead atoms. The first-order valence-corrected chi connectivity index (χ1v) is 4.09. The summed E-state index contributed by atoms with van der Waals surface area (Å²) in [5, 5.41) is 0.404. The van der Waals surface area contributed by atoms with Gasteiger partial charge in [-0.25, -0.2) is 9.19 Å². The largest absolute Gasteiger partial charge is 0.245 e. The molecule has 0 aromatic carbocycles. The van der Waals surface area contributed by atoms with Gasteiger partial charge >= 0.3 is 0 Å². The van der Waals surface area contributed by atoms with Crippen molar-refractivity contribution < 1.29 is 8.49 Å². The van der Waals surface area contributed by atoms with Crippen molar-refractivity contribution in [3.63, 3.8) is 0 Å². The van der Waals surface area contributed by atoms with Gasteiger partial charge in [0.15, 0.2) is 5.03 Å². The third-order valence-corrected chi connectivity index (χ3v) is 1.87. The molecule has 60 valence electrons. The summed E-state index contributed by atoms with van der Waals surface area (Å²) in [6, 6.07) is 5.13. The van der Waals surface area contributed by atoms with Crippen LogP contribution in [0.15, 0.2) is 29.4 Å². The second kappa shape index (κ2) is 4.17. The van der Waals surface area contributed by atoms with Crippen LogP contribution in [0.25, 0.3) is 0 Å². The van der Waals surface area contributed by atoms with Crippen LogP contribution in [-0.2, 0) is 15.4 Å². The maximum absolute atomic E-state index is 11.0. The minimum atomic E-state index is -1.51. The topological polar surface area (TPSA) is 51.2 Å². The fourth-order valence-electron chi connectivity index (χ4n) is 0.564. The van der Waals surface area contributed by atoms with E-state index in [-0.39, 0.29) is 0 Å². The molecule has 1 rings (SSSR count). The van der Waals surface area contributed by atoms with Crippen LogP contribution in [0.5, 0.6) is 0 Å². The number of hydroxylamine groups is 1. The van der Waals surface area contributed by atoms with Gasteiger partial charge < -0.3 is 0 Å². The van der Waals surface area contributed by atoms with E-state index in [1.807, 2.05) is 0 Å². The summed E-state index contributed by atoms with van der Waals surface area (Å²) in [7, 11) is 1.54. The van der Waals surface area contributed by atoms with E-state index >= 15 is 0 Å². The van der Waals surface area contributed by atoms with E-state index in [1.54, 1.807) is 31.4 Å². The lowest BCUT2D eigenvalue weighted by Crippen LogP contribution is -2.10. The molecular formula is C6H8N2O2S. The zero-order valence-electron chi connectivity index (χ0n) is 5.98. The number of aromatic nitrogens is 1. The highest BCUT2D eigenvalue weighted by Crippen LogP contribution is 1.99. The van der Waals surface area contributed by atoms with Crippen molar-refractivity contribution in [3.05, 3.63) is 24.4 Å². The van der Waals surface area contributed by atoms with Gasteiger partial charge in [0.2, 0.25) is 11.1 Å². The van der Waals surface area contributed by atoms with Crippen LogP contribution in [0.3, 0.4) is 0 Å². The summed E-state index contributed by atoms with van der Waals surface area (Å²) in [6.45, 7) is 0. The van der Waals surface area contributed by atoms with Gasteiger partial charge in [0, 0.05) is 13.2 Å². The summed E-state index contributed by atoms with van der Waals surface area (Å²) in [5.41, 5.74) is 2.33. The zero-order valence-corrected chi connectivity index (χ0v) is 6.80. The maximum Gasteiger partial charge on any atom is 0.225 e. The second-order valence-corrected chi connectivity index (χ2v) is 2.74. The number of nitrogens with zero attached hydrogens (tertiary/aromatic N) is 1. The zero-order chi connectivity index (χ0) is 8.10. The van der Waals surface area contributed by atoms with E-state index in [2.05, 4.69) is 14.7 Å². The maximum atomic E-state index is 11.0. The van der Waals surface area contributed by atoms with Crippen LogP contribution in [0.2, 0.25) is 0 Å². The van der Waals surface area contributed by atoms with Gasteiger partial charge in [-0.15, -0.1) is 0 Å². The monoisotopic (exact) mass is 172 g/mol. The normalized spacial score (nSPS) is 12.8. The van der Waals surface area contributed by atoms with E-state index in [0.29, 0.717) is 5.03 Å². The van der Waals surface area contributed by atoms with Crippen LogP contribution in [-0.4, -0.2) is 16.2 Å². The first kappa shape index (κ1) is 8.32. The minimum Gasteiger partial charge on any atom is -0.245 e. The lowest BCUT2D eigenvalue weighted by Gasteiger charge is -1.97. The number of rotatable bonds is 3.